The first kappa shape index (κ1) is 15.0. The Morgan fingerprint density at radius 1 is 1.15 bits per heavy atom. The van der Waals surface area contributed by atoms with Crippen molar-refractivity contribution in [2.75, 3.05) is 6.54 Å². The molecule has 2 heteroatoms. The minimum atomic E-state index is 0.194. The summed E-state index contributed by atoms with van der Waals surface area (Å²) in [6.45, 7) is 12.0. The average molecular weight is 270 g/mol. The van der Waals surface area contributed by atoms with E-state index in [0.717, 1.165) is 24.2 Å². The zero-order valence-electron chi connectivity index (χ0n) is 13.3. The Kier molecular flexibility index (Phi) is 4.44. The van der Waals surface area contributed by atoms with Gasteiger partial charge < -0.3 is 5.32 Å². The minimum Gasteiger partial charge on any atom is -0.312 e. The fourth-order valence-electron chi connectivity index (χ4n) is 2.36. The number of aryl methyl sites for hydroxylation is 1. The predicted octanol–water partition coefficient (Wildman–Crippen LogP) is 4.11. The van der Waals surface area contributed by atoms with Crippen molar-refractivity contribution in [3.63, 3.8) is 0 Å². The van der Waals surface area contributed by atoms with E-state index in [-0.39, 0.29) is 5.54 Å². The Bertz CT molecular complexity index is 581. The molecule has 0 aliphatic carbocycles. The summed E-state index contributed by atoms with van der Waals surface area (Å²) in [6.07, 6.45) is 1.10. The topological polar surface area (TPSA) is 24.9 Å². The van der Waals surface area contributed by atoms with Gasteiger partial charge in [-0.2, -0.15) is 0 Å². The van der Waals surface area contributed by atoms with E-state index >= 15 is 0 Å². The van der Waals surface area contributed by atoms with Gasteiger partial charge in [0.25, 0.3) is 0 Å². The summed E-state index contributed by atoms with van der Waals surface area (Å²) >= 11 is 0. The highest BCUT2D eigenvalue weighted by Gasteiger charge is 2.11. The van der Waals surface area contributed by atoms with E-state index in [1.807, 2.05) is 6.92 Å². The first-order valence-corrected chi connectivity index (χ1v) is 7.45. The van der Waals surface area contributed by atoms with E-state index in [0.29, 0.717) is 5.92 Å². The van der Waals surface area contributed by atoms with Crippen LogP contribution in [0.5, 0.6) is 0 Å². The summed E-state index contributed by atoms with van der Waals surface area (Å²) in [5.74, 6) is 0.630. The van der Waals surface area contributed by atoms with Crippen molar-refractivity contribution in [3.8, 4) is 0 Å². The van der Waals surface area contributed by atoms with Crippen LogP contribution in [0.3, 0.4) is 0 Å². The summed E-state index contributed by atoms with van der Waals surface area (Å²) in [5.41, 5.74) is 3.76. The number of hydrogen-bond acceptors (Lipinski definition) is 2. The van der Waals surface area contributed by atoms with E-state index in [2.05, 4.69) is 68.3 Å². The monoisotopic (exact) mass is 270 g/mol. The van der Waals surface area contributed by atoms with Gasteiger partial charge in [-0.25, -0.2) is 0 Å². The second-order valence-electron chi connectivity index (χ2n) is 6.92. The molecule has 0 radical (unpaired) electrons. The molecule has 0 aliphatic rings. The number of rotatable bonds is 4. The molecule has 0 amide bonds. The molecule has 0 saturated heterocycles. The molecule has 1 aromatic heterocycles. The van der Waals surface area contributed by atoms with Crippen LogP contribution in [0.1, 0.15) is 39.0 Å². The number of fused-ring (bicyclic) bond motifs is 1. The van der Waals surface area contributed by atoms with Crippen LogP contribution in [0, 0.1) is 12.8 Å². The molecule has 0 aliphatic heterocycles. The summed E-state index contributed by atoms with van der Waals surface area (Å²) < 4.78 is 0. The van der Waals surface area contributed by atoms with Gasteiger partial charge in [0.05, 0.1) is 5.52 Å². The molecular formula is C18H26N2. The maximum atomic E-state index is 4.55. The number of hydrogen-bond donors (Lipinski definition) is 1. The van der Waals surface area contributed by atoms with E-state index in [1.54, 1.807) is 0 Å². The van der Waals surface area contributed by atoms with Crippen LogP contribution in [-0.2, 0) is 6.42 Å². The lowest BCUT2D eigenvalue weighted by Gasteiger charge is -2.23. The minimum absolute atomic E-state index is 0.194. The number of nitrogens with zero attached hydrogens (tertiary/aromatic N) is 1. The number of benzene rings is 1. The van der Waals surface area contributed by atoms with Crippen LogP contribution in [-0.4, -0.2) is 17.1 Å². The summed E-state index contributed by atoms with van der Waals surface area (Å²) in [6, 6.07) is 10.9. The van der Waals surface area contributed by atoms with Gasteiger partial charge in [0, 0.05) is 16.6 Å². The molecule has 0 spiro atoms. The normalized spacial score (nSPS) is 13.7. The standard InChI is InChI=1S/C18H26N2/c1-13(12-19-18(3,4)5)10-15-7-9-17-16(11-15)8-6-14(2)20-17/h6-9,11,13,19H,10,12H2,1-5H3. The van der Waals surface area contributed by atoms with Crippen LogP contribution in [0.25, 0.3) is 10.9 Å². The van der Waals surface area contributed by atoms with Gasteiger partial charge in [-0.15, -0.1) is 0 Å². The molecule has 0 saturated carbocycles. The molecule has 1 N–H and O–H groups in total. The zero-order chi connectivity index (χ0) is 14.8. The summed E-state index contributed by atoms with van der Waals surface area (Å²) in [5, 5.41) is 4.81. The van der Waals surface area contributed by atoms with Crippen molar-refractivity contribution in [3.05, 3.63) is 41.6 Å². The Morgan fingerprint density at radius 3 is 2.60 bits per heavy atom. The number of aromatic nitrogens is 1. The maximum Gasteiger partial charge on any atom is 0.0705 e. The van der Waals surface area contributed by atoms with E-state index < -0.39 is 0 Å². The molecule has 0 fully saturated rings. The van der Waals surface area contributed by atoms with Crippen molar-refractivity contribution >= 4 is 10.9 Å². The predicted molar refractivity (Wildman–Crippen MR) is 87.1 cm³/mol. The third-order valence-electron chi connectivity index (χ3n) is 3.46. The first-order valence-electron chi connectivity index (χ1n) is 7.45. The highest BCUT2D eigenvalue weighted by molar-refractivity contribution is 5.79. The van der Waals surface area contributed by atoms with Crippen LogP contribution in [0.15, 0.2) is 30.3 Å². The third-order valence-corrected chi connectivity index (χ3v) is 3.46. The van der Waals surface area contributed by atoms with E-state index in [9.17, 15) is 0 Å². The zero-order valence-corrected chi connectivity index (χ0v) is 13.3. The molecule has 2 rings (SSSR count). The second kappa shape index (κ2) is 5.92. The highest BCUT2D eigenvalue weighted by atomic mass is 14.9. The molecule has 108 valence electrons. The maximum absolute atomic E-state index is 4.55. The summed E-state index contributed by atoms with van der Waals surface area (Å²) in [7, 11) is 0. The van der Waals surface area contributed by atoms with Crippen LogP contribution in [0.4, 0.5) is 0 Å². The average Bonchev–Trinajstić information content (AvgIpc) is 2.36. The molecule has 1 aromatic carbocycles. The fourth-order valence-corrected chi connectivity index (χ4v) is 2.36. The Hall–Kier alpha value is -1.41. The first-order chi connectivity index (χ1) is 9.33. The molecule has 1 heterocycles. The van der Waals surface area contributed by atoms with Crippen molar-refractivity contribution in [1.29, 1.82) is 0 Å². The van der Waals surface area contributed by atoms with Crippen molar-refractivity contribution in [2.24, 2.45) is 5.92 Å². The largest absolute Gasteiger partial charge is 0.312 e. The SMILES string of the molecule is Cc1ccc2cc(CC(C)CNC(C)(C)C)ccc2n1. The lowest BCUT2D eigenvalue weighted by Crippen LogP contribution is -2.39. The molecule has 20 heavy (non-hydrogen) atoms. The van der Waals surface area contributed by atoms with Crippen LogP contribution >= 0.6 is 0 Å². The van der Waals surface area contributed by atoms with Gasteiger partial charge in [0.2, 0.25) is 0 Å². The van der Waals surface area contributed by atoms with E-state index in [1.165, 1.54) is 10.9 Å². The Labute approximate surface area is 122 Å². The Balaban J connectivity index is 2.04. The quantitative estimate of drug-likeness (QED) is 0.904. The number of nitrogens with one attached hydrogen (secondary N) is 1. The van der Waals surface area contributed by atoms with Gasteiger partial charge in [-0.05, 0) is 70.3 Å². The lowest BCUT2D eigenvalue weighted by atomic mass is 9.98. The summed E-state index contributed by atoms with van der Waals surface area (Å²) in [4.78, 5) is 4.55. The van der Waals surface area contributed by atoms with Gasteiger partial charge in [-0.3, -0.25) is 4.98 Å². The van der Waals surface area contributed by atoms with Crippen LogP contribution < -0.4 is 5.32 Å². The highest BCUT2D eigenvalue weighted by Crippen LogP contribution is 2.17. The van der Waals surface area contributed by atoms with Crippen molar-refractivity contribution < 1.29 is 0 Å². The van der Waals surface area contributed by atoms with Gasteiger partial charge in [-0.1, -0.05) is 19.1 Å². The second-order valence-corrected chi connectivity index (χ2v) is 6.92. The molecular weight excluding hydrogens is 244 g/mol. The lowest BCUT2D eigenvalue weighted by molar-refractivity contribution is 0.381. The Morgan fingerprint density at radius 2 is 1.90 bits per heavy atom. The smallest absolute Gasteiger partial charge is 0.0705 e. The molecule has 1 unspecified atom stereocenters. The number of pyridine rings is 1. The molecule has 0 bridgehead atoms. The third kappa shape index (κ3) is 4.31. The van der Waals surface area contributed by atoms with Gasteiger partial charge >= 0.3 is 0 Å². The fraction of sp³-hybridized carbons (Fsp3) is 0.500. The van der Waals surface area contributed by atoms with Crippen molar-refractivity contribution in [1.82, 2.24) is 10.3 Å². The molecule has 2 nitrogen and oxygen atoms in total. The van der Waals surface area contributed by atoms with Gasteiger partial charge in [0.1, 0.15) is 0 Å². The van der Waals surface area contributed by atoms with Gasteiger partial charge in [0.15, 0.2) is 0 Å². The van der Waals surface area contributed by atoms with Crippen LogP contribution in [0.2, 0.25) is 0 Å². The van der Waals surface area contributed by atoms with E-state index in [4.69, 9.17) is 0 Å². The molecule has 1 atom stereocenters. The van der Waals surface area contributed by atoms with Crippen molar-refractivity contribution in [2.45, 2.75) is 46.6 Å². The molecule has 2 aromatic rings.